The Hall–Kier alpha value is -1.52. The molecule has 1 aromatic carbocycles. The van der Waals surface area contributed by atoms with Crippen LogP contribution >= 0.6 is 22.9 Å². The van der Waals surface area contributed by atoms with Gasteiger partial charge in [0, 0.05) is 4.88 Å². The van der Waals surface area contributed by atoms with Crippen molar-refractivity contribution in [2.45, 2.75) is 13.5 Å². The molecule has 0 saturated heterocycles. The van der Waals surface area contributed by atoms with Crippen LogP contribution in [-0.2, 0) is 6.54 Å². The second-order valence-electron chi connectivity index (χ2n) is 4.20. The molecule has 2 N–H and O–H groups in total. The molecule has 0 fully saturated rings. The Bertz CT molecular complexity index is 714. The van der Waals surface area contributed by atoms with Crippen LogP contribution in [0.15, 0.2) is 30.3 Å². The van der Waals surface area contributed by atoms with Gasteiger partial charge in [-0.3, -0.25) is 0 Å². The maximum atomic E-state index is 6.00. The first-order chi connectivity index (χ1) is 8.65. The molecule has 3 nitrogen and oxygen atoms in total. The van der Waals surface area contributed by atoms with E-state index in [9.17, 15) is 0 Å². The summed E-state index contributed by atoms with van der Waals surface area (Å²) in [6, 6.07) is 10.0. The first-order valence-electron chi connectivity index (χ1n) is 5.60. The summed E-state index contributed by atoms with van der Waals surface area (Å²) in [6.45, 7) is 2.75. The van der Waals surface area contributed by atoms with E-state index in [0.717, 1.165) is 20.9 Å². The van der Waals surface area contributed by atoms with Gasteiger partial charge in [-0.2, -0.15) is 0 Å². The molecule has 0 amide bonds. The first-order valence-corrected chi connectivity index (χ1v) is 6.80. The summed E-state index contributed by atoms with van der Waals surface area (Å²) in [4.78, 5) is 5.60. The Labute approximate surface area is 114 Å². The number of anilines is 1. The number of fused-ring (bicyclic) bond motifs is 1. The van der Waals surface area contributed by atoms with Gasteiger partial charge in [0.2, 0.25) is 5.95 Å². The highest BCUT2D eigenvalue weighted by Gasteiger charge is 2.10. The average Bonchev–Trinajstić information content (AvgIpc) is 2.87. The minimum Gasteiger partial charge on any atom is -0.369 e. The second-order valence-corrected chi connectivity index (χ2v) is 6.00. The Morgan fingerprint density at radius 3 is 2.89 bits per heavy atom. The van der Waals surface area contributed by atoms with Gasteiger partial charge in [0.05, 0.1) is 21.9 Å². The van der Waals surface area contributed by atoms with Crippen molar-refractivity contribution in [2.75, 3.05) is 5.73 Å². The highest BCUT2D eigenvalue weighted by Crippen LogP contribution is 2.26. The van der Waals surface area contributed by atoms with Crippen molar-refractivity contribution in [3.05, 3.63) is 45.1 Å². The minimum absolute atomic E-state index is 0.545. The molecule has 2 heterocycles. The van der Waals surface area contributed by atoms with E-state index in [1.165, 1.54) is 4.88 Å². The summed E-state index contributed by atoms with van der Waals surface area (Å²) < 4.78 is 2.81. The number of aromatic nitrogens is 2. The zero-order valence-electron chi connectivity index (χ0n) is 9.85. The van der Waals surface area contributed by atoms with E-state index in [1.54, 1.807) is 11.3 Å². The second kappa shape index (κ2) is 4.30. The monoisotopic (exact) mass is 277 g/mol. The lowest BCUT2D eigenvalue weighted by Gasteiger charge is -2.04. The normalized spacial score (nSPS) is 11.2. The molecule has 0 aliphatic rings. The number of hydrogen-bond donors (Lipinski definition) is 1. The largest absolute Gasteiger partial charge is 0.369 e. The first kappa shape index (κ1) is 11.6. The van der Waals surface area contributed by atoms with Gasteiger partial charge in [-0.25, -0.2) is 4.98 Å². The molecule has 0 aliphatic carbocycles. The molecule has 0 radical (unpaired) electrons. The number of nitrogens with two attached hydrogens (primary N) is 1. The molecule has 2 aromatic heterocycles. The van der Waals surface area contributed by atoms with Gasteiger partial charge >= 0.3 is 0 Å². The summed E-state index contributed by atoms with van der Waals surface area (Å²) >= 11 is 7.51. The third-order valence-corrected chi connectivity index (χ3v) is 4.17. The van der Waals surface area contributed by atoms with Crippen LogP contribution in [0.1, 0.15) is 10.4 Å². The molecule has 0 atom stereocenters. The molecule has 0 saturated carbocycles. The van der Waals surface area contributed by atoms with Crippen molar-refractivity contribution in [1.29, 1.82) is 0 Å². The number of imidazole rings is 1. The fourth-order valence-electron chi connectivity index (χ4n) is 2.06. The number of aryl methyl sites for hydroxylation is 1. The van der Waals surface area contributed by atoms with Gasteiger partial charge < -0.3 is 10.3 Å². The van der Waals surface area contributed by atoms with Crippen molar-refractivity contribution in [2.24, 2.45) is 0 Å². The van der Waals surface area contributed by atoms with E-state index >= 15 is 0 Å². The third kappa shape index (κ3) is 1.87. The number of thiophene rings is 1. The molecule has 18 heavy (non-hydrogen) atoms. The zero-order chi connectivity index (χ0) is 12.7. The fourth-order valence-corrected chi connectivity index (χ4v) is 3.14. The predicted octanol–water partition coefficient (Wildman–Crippen LogP) is 3.69. The van der Waals surface area contributed by atoms with Gasteiger partial charge in [-0.05, 0) is 30.7 Å². The Balaban J connectivity index is 2.11. The number of nitrogen functional groups attached to an aromatic ring is 1. The molecule has 3 rings (SSSR count). The van der Waals surface area contributed by atoms with E-state index in [2.05, 4.69) is 4.98 Å². The molecule has 0 aliphatic heterocycles. The van der Waals surface area contributed by atoms with Crippen LogP contribution in [0.25, 0.3) is 11.0 Å². The summed E-state index contributed by atoms with van der Waals surface area (Å²) in [5.74, 6) is 0.545. The van der Waals surface area contributed by atoms with Crippen LogP contribution in [0.3, 0.4) is 0 Å². The van der Waals surface area contributed by atoms with Gasteiger partial charge in [-0.15, -0.1) is 11.3 Å². The number of para-hydroxylation sites is 1. The van der Waals surface area contributed by atoms with Gasteiger partial charge in [-0.1, -0.05) is 23.7 Å². The van der Waals surface area contributed by atoms with Crippen LogP contribution < -0.4 is 5.73 Å². The van der Waals surface area contributed by atoms with Crippen molar-refractivity contribution in [3.8, 4) is 0 Å². The van der Waals surface area contributed by atoms with Crippen LogP contribution in [0, 0.1) is 6.92 Å². The Morgan fingerprint density at radius 1 is 1.33 bits per heavy atom. The lowest BCUT2D eigenvalue weighted by atomic mass is 10.2. The van der Waals surface area contributed by atoms with E-state index in [0.29, 0.717) is 12.5 Å². The van der Waals surface area contributed by atoms with Crippen molar-refractivity contribution in [3.63, 3.8) is 0 Å². The van der Waals surface area contributed by atoms with E-state index in [4.69, 9.17) is 17.3 Å². The number of benzene rings is 1. The molecular weight excluding hydrogens is 266 g/mol. The third-order valence-electron chi connectivity index (χ3n) is 2.95. The Morgan fingerprint density at radius 2 is 2.17 bits per heavy atom. The molecule has 3 aromatic rings. The number of nitrogens with zero attached hydrogens (tertiary/aromatic N) is 2. The van der Waals surface area contributed by atoms with E-state index in [1.807, 2.05) is 41.8 Å². The van der Waals surface area contributed by atoms with E-state index in [-0.39, 0.29) is 0 Å². The predicted molar refractivity (Wildman–Crippen MR) is 77.3 cm³/mol. The molecule has 0 bridgehead atoms. The number of halogens is 1. The standard InChI is InChI=1S/C13H12ClN3S/c1-8-3-2-4-10-12(8)16-13(15)17(10)7-9-5-6-11(14)18-9/h2-6H,7H2,1H3,(H2,15,16). The quantitative estimate of drug-likeness (QED) is 0.776. The topological polar surface area (TPSA) is 43.8 Å². The summed E-state index contributed by atoms with van der Waals surface area (Å²) in [7, 11) is 0. The highest BCUT2D eigenvalue weighted by molar-refractivity contribution is 7.16. The summed E-state index contributed by atoms with van der Waals surface area (Å²) in [6.07, 6.45) is 0. The van der Waals surface area contributed by atoms with Crippen LogP contribution in [0.5, 0.6) is 0 Å². The molecule has 0 spiro atoms. The molecule has 0 unspecified atom stereocenters. The summed E-state index contributed by atoms with van der Waals surface area (Å²) in [5.41, 5.74) is 9.18. The van der Waals surface area contributed by atoms with Crippen LogP contribution in [0.2, 0.25) is 4.34 Å². The zero-order valence-corrected chi connectivity index (χ0v) is 11.4. The SMILES string of the molecule is Cc1cccc2c1nc(N)n2Cc1ccc(Cl)s1. The van der Waals surface area contributed by atoms with Gasteiger partial charge in [0.1, 0.15) is 0 Å². The van der Waals surface area contributed by atoms with Crippen LogP contribution in [-0.4, -0.2) is 9.55 Å². The van der Waals surface area contributed by atoms with E-state index < -0.39 is 0 Å². The lowest BCUT2D eigenvalue weighted by molar-refractivity contribution is 0.853. The number of rotatable bonds is 2. The number of hydrogen-bond acceptors (Lipinski definition) is 3. The minimum atomic E-state index is 0.545. The van der Waals surface area contributed by atoms with Crippen molar-refractivity contribution >= 4 is 39.9 Å². The maximum Gasteiger partial charge on any atom is 0.201 e. The fraction of sp³-hybridized carbons (Fsp3) is 0.154. The smallest absolute Gasteiger partial charge is 0.201 e. The van der Waals surface area contributed by atoms with Crippen molar-refractivity contribution < 1.29 is 0 Å². The highest BCUT2D eigenvalue weighted by atomic mass is 35.5. The lowest BCUT2D eigenvalue weighted by Crippen LogP contribution is -2.03. The van der Waals surface area contributed by atoms with Gasteiger partial charge in [0.25, 0.3) is 0 Å². The maximum absolute atomic E-state index is 6.00. The summed E-state index contributed by atoms with van der Waals surface area (Å²) in [5, 5.41) is 0. The molecule has 5 heteroatoms. The van der Waals surface area contributed by atoms with Gasteiger partial charge in [0.15, 0.2) is 0 Å². The Kier molecular flexibility index (Phi) is 2.76. The molecule has 92 valence electrons. The average molecular weight is 278 g/mol. The van der Waals surface area contributed by atoms with Crippen LogP contribution in [0.4, 0.5) is 5.95 Å². The van der Waals surface area contributed by atoms with Crippen molar-refractivity contribution in [1.82, 2.24) is 9.55 Å². The molecular formula is C13H12ClN3S.